The molecule has 0 aliphatic carbocycles. The molecule has 0 rings (SSSR count). The lowest BCUT2D eigenvalue weighted by Gasteiger charge is -2.00. The molecular formula is C15H27NO. The van der Waals surface area contributed by atoms with Gasteiger partial charge in [0.2, 0.25) is 5.91 Å². The molecule has 17 heavy (non-hydrogen) atoms. The van der Waals surface area contributed by atoms with Crippen LogP contribution in [0.4, 0.5) is 0 Å². The molecule has 98 valence electrons. The predicted octanol–water partition coefficient (Wildman–Crippen LogP) is 3.99. The van der Waals surface area contributed by atoms with Crippen molar-refractivity contribution in [2.75, 3.05) is 6.54 Å². The highest BCUT2D eigenvalue weighted by molar-refractivity contribution is 5.75. The van der Waals surface area contributed by atoms with Gasteiger partial charge in [-0.1, -0.05) is 44.4 Å². The summed E-state index contributed by atoms with van der Waals surface area (Å²) in [5.41, 5.74) is 0. The third-order valence-corrected chi connectivity index (χ3v) is 2.61. The fourth-order valence-electron chi connectivity index (χ4n) is 1.58. The standard InChI is InChI=1S/C15H27NO/c1-3-5-6-7-8-9-10-11-12-13-15(17)16-14-4-2/h4,9-10H,2-3,5-8,11-14H2,1H3,(H,16,17)/b10-9-. The van der Waals surface area contributed by atoms with Crippen LogP contribution in [0.2, 0.25) is 0 Å². The van der Waals surface area contributed by atoms with Gasteiger partial charge in [0.05, 0.1) is 0 Å². The third kappa shape index (κ3) is 12.9. The number of allylic oxidation sites excluding steroid dienone is 2. The third-order valence-electron chi connectivity index (χ3n) is 2.61. The lowest BCUT2D eigenvalue weighted by molar-refractivity contribution is -0.120. The topological polar surface area (TPSA) is 29.1 Å². The number of rotatable bonds is 11. The Labute approximate surface area is 106 Å². The first-order valence-corrected chi connectivity index (χ1v) is 6.83. The molecule has 0 radical (unpaired) electrons. The zero-order chi connectivity index (χ0) is 12.8. The molecule has 0 aromatic rings. The molecule has 0 aliphatic rings. The Morgan fingerprint density at radius 2 is 1.82 bits per heavy atom. The van der Waals surface area contributed by atoms with Crippen LogP contribution in [0.1, 0.15) is 58.3 Å². The zero-order valence-corrected chi connectivity index (χ0v) is 11.2. The van der Waals surface area contributed by atoms with Crippen molar-refractivity contribution in [1.82, 2.24) is 5.32 Å². The molecule has 0 saturated carbocycles. The van der Waals surface area contributed by atoms with Crippen LogP contribution in [-0.2, 0) is 4.79 Å². The van der Waals surface area contributed by atoms with E-state index in [1.807, 2.05) is 0 Å². The van der Waals surface area contributed by atoms with Crippen molar-refractivity contribution in [3.05, 3.63) is 24.8 Å². The summed E-state index contributed by atoms with van der Waals surface area (Å²) in [7, 11) is 0. The van der Waals surface area contributed by atoms with Crippen LogP contribution in [0.3, 0.4) is 0 Å². The quantitative estimate of drug-likeness (QED) is 0.427. The van der Waals surface area contributed by atoms with Gasteiger partial charge in [0, 0.05) is 13.0 Å². The highest BCUT2D eigenvalue weighted by atomic mass is 16.1. The summed E-state index contributed by atoms with van der Waals surface area (Å²) in [5.74, 6) is 0.126. The minimum atomic E-state index is 0.126. The first kappa shape index (κ1) is 16.0. The largest absolute Gasteiger partial charge is 0.353 e. The first-order valence-electron chi connectivity index (χ1n) is 6.83. The van der Waals surface area contributed by atoms with Crippen molar-refractivity contribution < 1.29 is 4.79 Å². The summed E-state index contributed by atoms with van der Waals surface area (Å²) in [5, 5.41) is 2.78. The lowest BCUT2D eigenvalue weighted by Crippen LogP contribution is -2.22. The van der Waals surface area contributed by atoms with Crippen LogP contribution >= 0.6 is 0 Å². The van der Waals surface area contributed by atoms with E-state index in [2.05, 4.69) is 31.0 Å². The van der Waals surface area contributed by atoms with Crippen LogP contribution in [0, 0.1) is 0 Å². The van der Waals surface area contributed by atoms with Gasteiger partial charge >= 0.3 is 0 Å². The van der Waals surface area contributed by atoms with Gasteiger partial charge in [0.15, 0.2) is 0 Å². The summed E-state index contributed by atoms with van der Waals surface area (Å²) in [6.07, 6.45) is 15.2. The Morgan fingerprint density at radius 1 is 1.12 bits per heavy atom. The molecule has 0 saturated heterocycles. The highest BCUT2D eigenvalue weighted by Crippen LogP contribution is 2.04. The molecule has 2 heteroatoms. The summed E-state index contributed by atoms with van der Waals surface area (Å²) >= 11 is 0. The summed E-state index contributed by atoms with van der Waals surface area (Å²) in [6.45, 7) is 6.36. The molecule has 0 unspecified atom stereocenters. The minimum Gasteiger partial charge on any atom is -0.353 e. The van der Waals surface area contributed by atoms with Gasteiger partial charge in [0.1, 0.15) is 0 Å². The van der Waals surface area contributed by atoms with Crippen molar-refractivity contribution >= 4 is 5.91 Å². The SMILES string of the molecule is C=CCNC(=O)CCC/C=C\CCCCCC. The summed E-state index contributed by atoms with van der Waals surface area (Å²) in [6, 6.07) is 0. The van der Waals surface area contributed by atoms with Crippen LogP contribution in [0.5, 0.6) is 0 Å². The Balaban J connectivity index is 3.23. The van der Waals surface area contributed by atoms with Gasteiger partial charge in [-0.05, 0) is 25.7 Å². The first-order chi connectivity index (χ1) is 8.31. The van der Waals surface area contributed by atoms with Gasteiger partial charge in [-0.2, -0.15) is 0 Å². The molecule has 0 aromatic carbocycles. The second-order valence-corrected chi connectivity index (χ2v) is 4.31. The van der Waals surface area contributed by atoms with Crippen molar-refractivity contribution in [3.63, 3.8) is 0 Å². The van der Waals surface area contributed by atoms with E-state index >= 15 is 0 Å². The number of amides is 1. The number of unbranched alkanes of at least 4 members (excludes halogenated alkanes) is 5. The Kier molecular flexibility index (Phi) is 12.2. The van der Waals surface area contributed by atoms with E-state index in [9.17, 15) is 4.79 Å². The number of hydrogen-bond acceptors (Lipinski definition) is 1. The van der Waals surface area contributed by atoms with Crippen LogP contribution in [-0.4, -0.2) is 12.5 Å². The van der Waals surface area contributed by atoms with Crippen molar-refractivity contribution in [2.24, 2.45) is 0 Å². The normalized spacial score (nSPS) is 10.6. The van der Waals surface area contributed by atoms with Crippen LogP contribution in [0.15, 0.2) is 24.8 Å². The van der Waals surface area contributed by atoms with Crippen LogP contribution in [0.25, 0.3) is 0 Å². The van der Waals surface area contributed by atoms with Crippen molar-refractivity contribution in [1.29, 1.82) is 0 Å². The van der Waals surface area contributed by atoms with Crippen LogP contribution < -0.4 is 5.32 Å². The van der Waals surface area contributed by atoms with Gasteiger partial charge < -0.3 is 5.32 Å². The zero-order valence-electron chi connectivity index (χ0n) is 11.2. The number of hydrogen-bond donors (Lipinski definition) is 1. The lowest BCUT2D eigenvalue weighted by atomic mass is 10.1. The molecule has 0 bridgehead atoms. The Morgan fingerprint density at radius 3 is 2.47 bits per heavy atom. The monoisotopic (exact) mass is 237 g/mol. The van der Waals surface area contributed by atoms with E-state index in [1.54, 1.807) is 6.08 Å². The fourth-order valence-corrected chi connectivity index (χ4v) is 1.58. The molecule has 0 fully saturated rings. The predicted molar refractivity (Wildman–Crippen MR) is 75.0 cm³/mol. The molecule has 0 spiro atoms. The summed E-state index contributed by atoms with van der Waals surface area (Å²) in [4.78, 5) is 11.2. The molecule has 2 nitrogen and oxygen atoms in total. The van der Waals surface area contributed by atoms with Gasteiger partial charge in [-0.3, -0.25) is 4.79 Å². The smallest absolute Gasteiger partial charge is 0.220 e. The Bertz CT molecular complexity index is 221. The van der Waals surface area contributed by atoms with Crippen molar-refractivity contribution in [2.45, 2.75) is 58.3 Å². The second kappa shape index (κ2) is 13.0. The maximum atomic E-state index is 11.2. The Hall–Kier alpha value is -1.05. The molecule has 0 aromatic heterocycles. The van der Waals surface area contributed by atoms with E-state index in [0.717, 1.165) is 12.8 Å². The van der Waals surface area contributed by atoms with Gasteiger partial charge in [0.25, 0.3) is 0 Å². The fraction of sp³-hybridized carbons (Fsp3) is 0.667. The van der Waals surface area contributed by atoms with Crippen molar-refractivity contribution in [3.8, 4) is 0 Å². The number of carbonyl (C=O) groups excluding carboxylic acids is 1. The molecule has 1 amide bonds. The number of carbonyl (C=O) groups is 1. The maximum absolute atomic E-state index is 11.2. The summed E-state index contributed by atoms with van der Waals surface area (Å²) < 4.78 is 0. The van der Waals surface area contributed by atoms with Gasteiger partial charge in [-0.15, -0.1) is 6.58 Å². The molecule has 0 atom stereocenters. The van der Waals surface area contributed by atoms with Gasteiger partial charge in [-0.25, -0.2) is 0 Å². The van der Waals surface area contributed by atoms with E-state index in [1.165, 1.54) is 32.1 Å². The molecular weight excluding hydrogens is 210 g/mol. The molecule has 0 heterocycles. The highest BCUT2D eigenvalue weighted by Gasteiger charge is 1.96. The average molecular weight is 237 g/mol. The van der Waals surface area contributed by atoms with E-state index in [-0.39, 0.29) is 5.91 Å². The maximum Gasteiger partial charge on any atom is 0.220 e. The van der Waals surface area contributed by atoms with E-state index in [4.69, 9.17) is 0 Å². The second-order valence-electron chi connectivity index (χ2n) is 4.31. The molecule has 0 aliphatic heterocycles. The molecule has 1 N–H and O–H groups in total. The number of nitrogens with one attached hydrogen (secondary N) is 1. The van der Waals surface area contributed by atoms with E-state index in [0.29, 0.717) is 13.0 Å². The van der Waals surface area contributed by atoms with E-state index < -0.39 is 0 Å². The minimum absolute atomic E-state index is 0.126. The average Bonchev–Trinajstić information content (AvgIpc) is 2.34.